The SMILES string of the molecule is CN1CCN(c2ccc(C3(N=C=O)CCC3)cc2F)CC1. The Hall–Kier alpha value is -1.71. The van der Waals surface area contributed by atoms with E-state index in [1.165, 1.54) is 0 Å². The monoisotopic (exact) mass is 289 g/mol. The lowest BCUT2D eigenvalue weighted by atomic mass is 9.72. The molecule has 21 heavy (non-hydrogen) atoms. The summed E-state index contributed by atoms with van der Waals surface area (Å²) in [5, 5.41) is 0. The first kappa shape index (κ1) is 14.2. The minimum Gasteiger partial charge on any atom is -0.367 e. The van der Waals surface area contributed by atoms with E-state index in [1.807, 2.05) is 12.1 Å². The molecule has 1 heterocycles. The van der Waals surface area contributed by atoms with Crippen molar-refractivity contribution in [3.05, 3.63) is 29.6 Å². The third kappa shape index (κ3) is 2.59. The molecule has 0 bridgehead atoms. The van der Waals surface area contributed by atoms with Crippen molar-refractivity contribution in [2.75, 3.05) is 38.1 Å². The number of carbonyl (C=O) groups excluding carboxylic acids is 1. The number of halogens is 1. The molecular weight excluding hydrogens is 269 g/mol. The number of nitrogens with zero attached hydrogens (tertiary/aromatic N) is 3. The number of isocyanates is 1. The largest absolute Gasteiger partial charge is 0.367 e. The van der Waals surface area contributed by atoms with E-state index in [2.05, 4.69) is 21.8 Å². The fourth-order valence-corrected chi connectivity index (χ4v) is 3.16. The van der Waals surface area contributed by atoms with Gasteiger partial charge in [0.05, 0.1) is 11.2 Å². The molecule has 0 spiro atoms. The zero-order valence-corrected chi connectivity index (χ0v) is 12.3. The quantitative estimate of drug-likeness (QED) is 0.633. The first-order valence-electron chi connectivity index (χ1n) is 7.47. The van der Waals surface area contributed by atoms with Crippen molar-refractivity contribution in [3.8, 4) is 0 Å². The molecule has 0 aromatic heterocycles. The van der Waals surface area contributed by atoms with Crippen molar-refractivity contribution >= 4 is 11.8 Å². The van der Waals surface area contributed by atoms with Crippen LogP contribution in [0.15, 0.2) is 23.2 Å². The molecule has 1 saturated carbocycles. The Morgan fingerprint density at radius 3 is 2.48 bits per heavy atom. The number of anilines is 1. The molecule has 1 saturated heterocycles. The van der Waals surface area contributed by atoms with Gasteiger partial charge in [-0.05, 0) is 44.0 Å². The average Bonchev–Trinajstić information content (AvgIpc) is 2.44. The van der Waals surface area contributed by atoms with Crippen molar-refractivity contribution in [2.24, 2.45) is 4.99 Å². The minimum absolute atomic E-state index is 0.218. The van der Waals surface area contributed by atoms with Gasteiger partial charge in [0.25, 0.3) is 0 Å². The predicted octanol–water partition coefficient (Wildman–Crippen LogP) is 2.29. The molecule has 1 aromatic rings. The Morgan fingerprint density at radius 2 is 1.95 bits per heavy atom. The normalized spacial score (nSPS) is 21.5. The van der Waals surface area contributed by atoms with Crippen LogP contribution < -0.4 is 4.90 Å². The van der Waals surface area contributed by atoms with Crippen molar-refractivity contribution in [3.63, 3.8) is 0 Å². The fraction of sp³-hybridized carbons (Fsp3) is 0.562. The van der Waals surface area contributed by atoms with Crippen LogP contribution in [0.5, 0.6) is 0 Å². The number of hydrogen-bond donors (Lipinski definition) is 0. The summed E-state index contributed by atoms with van der Waals surface area (Å²) in [5.41, 5.74) is 0.923. The van der Waals surface area contributed by atoms with Crippen molar-refractivity contribution in [2.45, 2.75) is 24.8 Å². The molecule has 5 heteroatoms. The third-order valence-corrected chi connectivity index (χ3v) is 4.77. The van der Waals surface area contributed by atoms with Gasteiger partial charge in [-0.3, -0.25) is 0 Å². The van der Waals surface area contributed by atoms with Crippen LogP contribution in [-0.4, -0.2) is 44.2 Å². The third-order valence-electron chi connectivity index (χ3n) is 4.77. The van der Waals surface area contributed by atoms with Gasteiger partial charge in [-0.2, -0.15) is 4.99 Å². The van der Waals surface area contributed by atoms with Crippen LogP contribution in [0.25, 0.3) is 0 Å². The Labute approximate surface area is 124 Å². The summed E-state index contributed by atoms with van der Waals surface area (Å²) in [4.78, 5) is 18.9. The zero-order chi connectivity index (χ0) is 14.9. The zero-order valence-electron chi connectivity index (χ0n) is 12.3. The van der Waals surface area contributed by atoms with Crippen LogP contribution >= 0.6 is 0 Å². The van der Waals surface area contributed by atoms with Gasteiger partial charge >= 0.3 is 0 Å². The van der Waals surface area contributed by atoms with Crippen LogP contribution in [0.4, 0.5) is 10.1 Å². The molecule has 4 nitrogen and oxygen atoms in total. The van der Waals surface area contributed by atoms with E-state index in [1.54, 1.807) is 12.1 Å². The van der Waals surface area contributed by atoms with E-state index in [4.69, 9.17) is 0 Å². The molecule has 3 rings (SSSR count). The molecular formula is C16H20FN3O. The van der Waals surface area contributed by atoms with Crippen LogP contribution in [-0.2, 0) is 10.3 Å². The van der Waals surface area contributed by atoms with Gasteiger partial charge in [-0.25, -0.2) is 9.18 Å². The van der Waals surface area contributed by atoms with Crippen LogP contribution in [0.1, 0.15) is 24.8 Å². The molecule has 2 aliphatic rings. The summed E-state index contributed by atoms with van der Waals surface area (Å²) in [6, 6.07) is 5.29. The second kappa shape index (κ2) is 5.58. The summed E-state index contributed by atoms with van der Waals surface area (Å²) in [6.07, 6.45) is 4.27. The Balaban J connectivity index is 1.84. The molecule has 0 amide bonds. The number of piperazine rings is 1. The summed E-state index contributed by atoms with van der Waals surface area (Å²) >= 11 is 0. The summed E-state index contributed by atoms with van der Waals surface area (Å²) < 4.78 is 14.5. The summed E-state index contributed by atoms with van der Waals surface area (Å²) in [7, 11) is 2.08. The van der Waals surface area contributed by atoms with Crippen LogP contribution in [0, 0.1) is 5.82 Å². The second-order valence-corrected chi connectivity index (χ2v) is 6.04. The molecule has 1 aromatic carbocycles. The minimum atomic E-state index is -0.525. The van der Waals surface area contributed by atoms with Gasteiger partial charge in [-0.15, -0.1) is 0 Å². The van der Waals surface area contributed by atoms with E-state index in [0.717, 1.165) is 51.0 Å². The van der Waals surface area contributed by atoms with E-state index in [0.29, 0.717) is 5.69 Å². The topological polar surface area (TPSA) is 35.9 Å². The number of likely N-dealkylation sites (N-methyl/N-ethyl adjacent to an activating group) is 1. The Bertz CT molecular complexity index is 571. The number of aliphatic imine (C=N–C) groups is 1. The number of benzene rings is 1. The average molecular weight is 289 g/mol. The molecule has 0 N–H and O–H groups in total. The molecule has 112 valence electrons. The van der Waals surface area contributed by atoms with Gasteiger partial charge in [0, 0.05) is 26.2 Å². The van der Waals surface area contributed by atoms with Crippen molar-refractivity contribution in [1.29, 1.82) is 0 Å². The maximum atomic E-state index is 14.5. The molecule has 1 aliphatic heterocycles. The lowest BCUT2D eigenvalue weighted by Crippen LogP contribution is -2.44. The highest BCUT2D eigenvalue weighted by Gasteiger charge is 2.39. The van der Waals surface area contributed by atoms with Gasteiger partial charge in [0.2, 0.25) is 6.08 Å². The summed E-state index contributed by atoms with van der Waals surface area (Å²) in [5.74, 6) is -0.218. The Morgan fingerprint density at radius 1 is 1.24 bits per heavy atom. The molecule has 0 radical (unpaired) electrons. The molecule has 1 aliphatic carbocycles. The van der Waals surface area contributed by atoms with Gasteiger partial charge in [0.1, 0.15) is 5.82 Å². The highest BCUT2D eigenvalue weighted by molar-refractivity contribution is 5.51. The van der Waals surface area contributed by atoms with Crippen LogP contribution in [0.2, 0.25) is 0 Å². The molecule has 0 unspecified atom stereocenters. The highest BCUT2D eigenvalue weighted by Crippen LogP contribution is 2.45. The van der Waals surface area contributed by atoms with Gasteiger partial charge < -0.3 is 9.80 Å². The second-order valence-electron chi connectivity index (χ2n) is 6.04. The van der Waals surface area contributed by atoms with E-state index in [9.17, 15) is 9.18 Å². The molecule has 0 atom stereocenters. The maximum Gasteiger partial charge on any atom is 0.235 e. The number of rotatable bonds is 3. The first-order valence-corrected chi connectivity index (χ1v) is 7.47. The van der Waals surface area contributed by atoms with Crippen LogP contribution in [0.3, 0.4) is 0 Å². The van der Waals surface area contributed by atoms with Gasteiger partial charge in [-0.1, -0.05) is 6.07 Å². The standard InChI is InChI=1S/C16H20FN3O/c1-19-7-9-20(10-8-19)15-4-3-13(11-14(15)17)16(18-12-21)5-2-6-16/h3-4,11H,2,5-10H2,1H3. The fourth-order valence-electron chi connectivity index (χ4n) is 3.16. The maximum absolute atomic E-state index is 14.5. The lowest BCUT2D eigenvalue weighted by Gasteiger charge is -2.38. The number of hydrogen-bond acceptors (Lipinski definition) is 4. The lowest BCUT2D eigenvalue weighted by molar-refractivity contribution is 0.255. The van der Waals surface area contributed by atoms with E-state index in [-0.39, 0.29) is 5.82 Å². The first-order chi connectivity index (χ1) is 10.1. The van der Waals surface area contributed by atoms with Crippen molar-refractivity contribution < 1.29 is 9.18 Å². The van der Waals surface area contributed by atoms with Gasteiger partial charge in [0.15, 0.2) is 0 Å². The van der Waals surface area contributed by atoms with Crippen molar-refractivity contribution in [1.82, 2.24) is 4.90 Å². The Kier molecular flexibility index (Phi) is 3.79. The van der Waals surface area contributed by atoms with E-state index < -0.39 is 5.54 Å². The molecule has 2 fully saturated rings. The highest BCUT2D eigenvalue weighted by atomic mass is 19.1. The summed E-state index contributed by atoms with van der Waals surface area (Å²) in [6.45, 7) is 3.57. The predicted molar refractivity (Wildman–Crippen MR) is 79.8 cm³/mol. The smallest absolute Gasteiger partial charge is 0.235 e. The van der Waals surface area contributed by atoms with E-state index >= 15 is 0 Å².